The molecule has 0 atom stereocenters. The molecule has 0 unspecified atom stereocenters. The van der Waals surface area contributed by atoms with Gasteiger partial charge in [-0.25, -0.2) is 9.78 Å². The Morgan fingerprint density at radius 1 is 1.47 bits per heavy atom. The molecule has 1 heterocycles. The fourth-order valence-electron chi connectivity index (χ4n) is 1.05. The van der Waals surface area contributed by atoms with E-state index in [1.807, 2.05) is 0 Å². The number of pyridine rings is 1. The average Bonchev–Trinajstić information content (AvgIpc) is 2.14. The molecule has 0 amide bonds. The van der Waals surface area contributed by atoms with Crippen molar-refractivity contribution in [1.29, 1.82) is 0 Å². The molecule has 1 aromatic rings. The molecule has 1 aromatic heterocycles. The maximum atomic E-state index is 11.7. The highest BCUT2D eigenvalue weighted by atomic mass is 35.5. The van der Waals surface area contributed by atoms with Crippen molar-refractivity contribution < 1.29 is 14.5 Å². The summed E-state index contributed by atoms with van der Waals surface area (Å²) in [6.07, 6.45) is 0. The van der Waals surface area contributed by atoms with E-state index < -0.39 is 27.9 Å². The van der Waals surface area contributed by atoms with Crippen LogP contribution in [0.3, 0.4) is 0 Å². The van der Waals surface area contributed by atoms with Gasteiger partial charge >= 0.3 is 11.7 Å². The average molecular weight is 259 g/mol. The molecular formula is C10H11ClN2O4. The molecule has 1 rings (SSSR count). The van der Waals surface area contributed by atoms with Crippen molar-refractivity contribution in [3.8, 4) is 0 Å². The van der Waals surface area contributed by atoms with E-state index in [4.69, 9.17) is 16.3 Å². The number of esters is 1. The highest BCUT2D eigenvalue weighted by Crippen LogP contribution is 2.21. The summed E-state index contributed by atoms with van der Waals surface area (Å²) >= 11 is 5.60. The van der Waals surface area contributed by atoms with Crippen LogP contribution in [0.25, 0.3) is 0 Å². The van der Waals surface area contributed by atoms with E-state index in [2.05, 4.69) is 4.98 Å². The third kappa shape index (κ3) is 3.67. The number of ether oxygens (including phenoxy) is 1. The fraction of sp³-hybridized carbons (Fsp3) is 0.400. The first-order valence-electron chi connectivity index (χ1n) is 4.75. The summed E-state index contributed by atoms with van der Waals surface area (Å²) in [7, 11) is 0. The van der Waals surface area contributed by atoms with Crippen LogP contribution in [0.4, 0.5) is 5.69 Å². The molecule has 0 spiro atoms. The number of nitro groups is 1. The van der Waals surface area contributed by atoms with Crippen molar-refractivity contribution in [2.75, 3.05) is 0 Å². The van der Waals surface area contributed by atoms with Gasteiger partial charge < -0.3 is 4.74 Å². The molecule has 6 nitrogen and oxygen atoms in total. The van der Waals surface area contributed by atoms with Gasteiger partial charge in [0.25, 0.3) is 0 Å². The second kappa shape index (κ2) is 4.67. The van der Waals surface area contributed by atoms with E-state index in [0.29, 0.717) is 0 Å². The predicted molar refractivity (Wildman–Crippen MR) is 61.1 cm³/mol. The Labute approximate surface area is 103 Å². The summed E-state index contributed by atoms with van der Waals surface area (Å²) in [6, 6.07) is 2.36. The molecule has 0 saturated carbocycles. The Bertz CT molecular complexity index is 468. The topological polar surface area (TPSA) is 82.3 Å². The first-order valence-corrected chi connectivity index (χ1v) is 5.13. The van der Waals surface area contributed by atoms with Crippen LogP contribution in [0.15, 0.2) is 12.1 Å². The third-order valence-corrected chi connectivity index (χ3v) is 1.84. The second-order valence-electron chi connectivity index (χ2n) is 4.26. The van der Waals surface area contributed by atoms with Crippen molar-refractivity contribution in [2.45, 2.75) is 26.4 Å². The summed E-state index contributed by atoms with van der Waals surface area (Å²) in [6.45, 7) is 4.96. The minimum absolute atomic E-state index is 0.00328. The van der Waals surface area contributed by atoms with Crippen LogP contribution in [0, 0.1) is 10.1 Å². The molecule has 0 aliphatic carbocycles. The van der Waals surface area contributed by atoms with Gasteiger partial charge in [0.05, 0.1) is 4.92 Å². The highest BCUT2D eigenvalue weighted by Gasteiger charge is 2.27. The number of carbonyl (C=O) groups is 1. The fourth-order valence-corrected chi connectivity index (χ4v) is 1.20. The molecule has 0 bridgehead atoms. The zero-order valence-electron chi connectivity index (χ0n) is 9.56. The molecule has 0 saturated heterocycles. The molecule has 0 aromatic carbocycles. The number of nitrogens with zero attached hydrogens (tertiary/aromatic N) is 2. The summed E-state index contributed by atoms with van der Waals surface area (Å²) in [5.41, 5.74) is -1.57. The molecule has 0 fully saturated rings. The first kappa shape index (κ1) is 13.4. The lowest BCUT2D eigenvalue weighted by molar-refractivity contribution is -0.385. The van der Waals surface area contributed by atoms with Crippen molar-refractivity contribution in [2.24, 2.45) is 0 Å². The van der Waals surface area contributed by atoms with Gasteiger partial charge in [-0.2, -0.15) is 0 Å². The lowest BCUT2D eigenvalue weighted by atomic mass is 10.2. The van der Waals surface area contributed by atoms with Crippen LogP contribution in [0.5, 0.6) is 0 Å². The van der Waals surface area contributed by atoms with Crippen LogP contribution >= 0.6 is 11.6 Å². The van der Waals surface area contributed by atoms with Crippen molar-refractivity contribution >= 4 is 23.3 Å². The Balaban J connectivity index is 3.16. The van der Waals surface area contributed by atoms with E-state index in [9.17, 15) is 14.9 Å². The summed E-state index contributed by atoms with van der Waals surface area (Å²) in [5.74, 6) is -0.869. The van der Waals surface area contributed by atoms with Gasteiger partial charge in [-0.15, -0.1) is 0 Å². The van der Waals surface area contributed by atoms with Crippen LogP contribution in [-0.2, 0) is 4.74 Å². The molecule has 0 aliphatic rings. The Morgan fingerprint density at radius 3 is 2.53 bits per heavy atom. The third-order valence-electron chi connectivity index (χ3n) is 1.63. The largest absolute Gasteiger partial charge is 0.455 e. The Kier molecular flexibility index (Phi) is 3.67. The standard InChI is InChI=1S/C10H11ClN2O4/c1-10(2,3)17-9(14)8-6(13(15)16)4-5-7(11)12-8/h4-5H,1-3H3. The number of carbonyl (C=O) groups excluding carboxylic acids is 1. The van der Waals surface area contributed by atoms with Gasteiger partial charge in [-0.05, 0) is 26.8 Å². The van der Waals surface area contributed by atoms with Crippen LogP contribution in [-0.4, -0.2) is 21.5 Å². The van der Waals surface area contributed by atoms with Crippen molar-refractivity contribution in [3.05, 3.63) is 33.1 Å². The van der Waals surface area contributed by atoms with E-state index in [1.165, 1.54) is 6.07 Å². The van der Waals surface area contributed by atoms with Gasteiger partial charge in [-0.1, -0.05) is 11.6 Å². The monoisotopic (exact) mass is 258 g/mol. The van der Waals surface area contributed by atoms with Gasteiger partial charge in [-0.3, -0.25) is 10.1 Å². The van der Waals surface area contributed by atoms with Crippen LogP contribution < -0.4 is 0 Å². The number of rotatable bonds is 2. The number of hydrogen-bond acceptors (Lipinski definition) is 5. The predicted octanol–water partition coefficient (Wildman–Crippen LogP) is 2.60. The van der Waals surface area contributed by atoms with Gasteiger partial charge in [0, 0.05) is 6.07 Å². The zero-order chi connectivity index (χ0) is 13.2. The maximum absolute atomic E-state index is 11.7. The molecule has 0 aliphatic heterocycles. The van der Waals surface area contributed by atoms with E-state index in [1.54, 1.807) is 20.8 Å². The summed E-state index contributed by atoms with van der Waals surface area (Å²) in [5, 5.41) is 10.7. The van der Waals surface area contributed by atoms with Crippen LogP contribution in [0.1, 0.15) is 31.3 Å². The van der Waals surface area contributed by atoms with Crippen molar-refractivity contribution in [3.63, 3.8) is 0 Å². The molecule has 0 radical (unpaired) electrons. The van der Waals surface area contributed by atoms with E-state index >= 15 is 0 Å². The van der Waals surface area contributed by atoms with Crippen LogP contribution in [0.2, 0.25) is 5.15 Å². The molecule has 92 valence electrons. The van der Waals surface area contributed by atoms with E-state index in [0.717, 1.165) is 6.07 Å². The quantitative estimate of drug-likeness (QED) is 0.352. The van der Waals surface area contributed by atoms with Gasteiger partial charge in [0.1, 0.15) is 10.8 Å². The summed E-state index contributed by atoms with van der Waals surface area (Å²) < 4.78 is 5.01. The molecule has 0 N–H and O–H groups in total. The SMILES string of the molecule is CC(C)(C)OC(=O)c1nc(Cl)ccc1[N+](=O)[O-]. The highest BCUT2D eigenvalue weighted by molar-refractivity contribution is 6.29. The number of aromatic nitrogens is 1. The molecular weight excluding hydrogens is 248 g/mol. The lowest BCUT2D eigenvalue weighted by Crippen LogP contribution is -2.25. The smallest absolute Gasteiger partial charge is 0.364 e. The second-order valence-corrected chi connectivity index (χ2v) is 4.65. The Hall–Kier alpha value is -1.69. The molecule has 17 heavy (non-hydrogen) atoms. The normalized spacial score (nSPS) is 11.1. The molecule has 7 heteroatoms. The Morgan fingerprint density at radius 2 is 2.06 bits per heavy atom. The summed E-state index contributed by atoms with van der Waals surface area (Å²) in [4.78, 5) is 25.3. The minimum Gasteiger partial charge on any atom is -0.455 e. The number of hydrogen-bond donors (Lipinski definition) is 0. The zero-order valence-corrected chi connectivity index (χ0v) is 10.3. The lowest BCUT2D eigenvalue weighted by Gasteiger charge is -2.18. The van der Waals surface area contributed by atoms with Gasteiger partial charge in [0.2, 0.25) is 5.69 Å². The minimum atomic E-state index is -0.869. The maximum Gasteiger partial charge on any atom is 0.364 e. The van der Waals surface area contributed by atoms with E-state index in [-0.39, 0.29) is 5.15 Å². The van der Waals surface area contributed by atoms with Gasteiger partial charge in [0.15, 0.2) is 0 Å². The van der Waals surface area contributed by atoms with Crippen molar-refractivity contribution in [1.82, 2.24) is 4.98 Å². The number of halogens is 1. The first-order chi connectivity index (χ1) is 7.70.